The van der Waals surface area contributed by atoms with Crippen LogP contribution >= 0.6 is 0 Å². The van der Waals surface area contributed by atoms with E-state index in [4.69, 9.17) is 4.42 Å². The van der Waals surface area contributed by atoms with Gasteiger partial charge in [0.25, 0.3) is 0 Å². The van der Waals surface area contributed by atoms with Crippen molar-refractivity contribution in [2.45, 2.75) is 44.8 Å². The molecule has 1 aliphatic rings. The molecule has 1 aliphatic carbocycles. The molecule has 2 rings (SSSR count). The van der Waals surface area contributed by atoms with Crippen LogP contribution in [0.3, 0.4) is 0 Å². The van der Waals surface area contributed by atoms with Gasteiger partial charge in [-0.25, -0.2) is 8.42 Å². The summed E-state index contributed by atoms with van der Waals surface area (Å²) < 4.78 is 28.6. The summed E-state index contributed by atoms with van der Waals surface area (Å²) in [6.45, 7) is 3.58. The van der Waals surface area contributed by atoms with E-state index in [0.29, 0.717) is 24.2 Å². The predicted octanol–water partition coefficient (Wildman–Crippen LogP) is 2.68. The first kappa shape index (κ1) is 14.3. The van der Waals surface area contributed by atoms with E-state index >= 15 is 0 Å². The summed E-state index contributed by atoms with van der Waals surface area (Å²) in [5.74, 6) is 1.19. The van der Waals surface area contributed by atoms with Crippen LogP contribution in [-0.2, 0) is 9.84 Å². The van der Waals surface area contributed by atoms with Crippen LogP contribution in [0.15, 0.2) is 10.5 Å². The SMILES string of the molecule is Cc1cc(C(=O)C2CCCC(S(C)(=O)=O)C2)c(C)o1. The molecule has 1 saturated carbocycles. The molecule has 0 N–H and O–H groups in total. The summed E-state index contributed by atoms with van der Waals surface area (Å²) in [4.78, 5) is 12.5. The number of ketones is 1. The topological polar surface area (TPSA) is 64.3 Å². The molecule has 19 heavy (non-hydrogen) atoms. The zero-order valence-corrected chi connectivity index (χ0v) is 12.4. The monoisotopic (exact) mass is 284 g/mol. The highest BCUT2D eigenvalue weighted by Crippen LogP contribution is 2.32. The Kier molecular flexibility index (Phi) is 3.85. The van der Waals surface area contributed by atoms with Gasteiger partial charge in [0.15, 0.2) is 5.78 Å². The fourth-order valence-corrected chi connectivity index (χ4v) is 4.04. The van der Waals surface area contributed by atoms with Gasteiger partial charge in [-0.15, -0.1) is 0 Å². The Hall–Kier alpha value is -1.10. The average Bonchev–Trinajstić information content (AvgIpc) is 2.66. The van der Waals surface area contributed by atoms with Crippen LogP contribution in [0.25, 0.3) is 0 Å². The van der Waals surface area contributed by atoms with Gasteiger partial charge in [0.2, 0.25) is 0 Å². The first-order valence-corrected chi connectivity index (χ1v) is 8.54. The van der Waals surface area contributed by atoms with E-state index < -0.39 is 9.84 Å². The number of hydrogen-bond donors (Lipinski definition) is 0. The van der Waals surface area contributed by atoms with Crippen LogP contribution in [-0.4, -0.2) is 25.7 Å². The van der Waals surface area contributed by atoms with Crippen LogP contribution in [0.2, 0.25) is 0 Å². The molecular weight excluding hydrogens is 264 g/mol. The third kappa shape index (κ3) is 3.08. The Morgan fingerprint density at radius 1 is 1.32 bits per heavy atom. The van der Waals surface area contributed by atoms with Crippen molar-refractivity contribution in [1.82, 2.24) is 0 Å². The smallest absolute Gasteiger partial charge is 0.169 e. The highest BCUT2D eigenvalue weighted by Gasteiger charge is 2.33. The van der Waals surface area contributed by atoms with Gasteiger partial charge in [0.1, 0.15) is 21.4 Å². The number of furan rings is 1. The molecule has 1 fully saturated rings. The molecule has 0 radical (unpaired) electrons. The lowest BCUT2D eigenvalue weighted by atomic mass is 9.83. The lowest BCUT2D eigenvalue weighted by Crippen LogP contribution is -2.31. The molecule has 1 aromatic heterocycles. The van der Waals surface area contributed by atoms with Crippen LogP contribution in [0.1, 0.15) is 47.6 Å². The van der Waals surface area contributed by atoms with Gasteiger partial charge < -0.3 is 4.42 Å². The molecule has 0 aliphatic heterocycles. The Morgan fingerprint density at radius 3 is 2.53 bits per heavy atom. The molecule has 5 heteroatoms. The van der Waals surface area contributed by atoms with Crippen molar-refractivity contribution in [2.24, 2.45) is 5.92 Å². The van der Waals surface area contributed by atoms with Gasteiger partial charge >= 0.3 is 0 Å². The molecule has 0 spiro atoms. The maximum absolute atomic E-state index is 12.5. The summed E-state index contributed by atoms with van der Waals surface area (Å²) in [7, 11) is -3.06. The molecule has 0 amide bonds. The lowest BCUT2D eigenvalue weighted by molar-refractivity contribution is 0.0889. The van der Waals surface area contributed by atoms with Gasteiger partial charge in [0, 0.05) is 12.2 Å². The van der Waals surface area contributed by atoms with Crippen LogP contribution in [0, 0.1) is 19.8 Å². The summed E-state index contributed by atoms with van der Waals surface area (Å²) in [5, 5.41) is -0.372. The first-order chi connectivity index (χ1) is 8.79. The number of rotatable bonds is 3. The van der Waals surface area contributed by atoms with Crippen molar-refractivity contribution >= 4 is 15.6 Å². The molecule has 1 aromatic rings. The molecule has 106 valence electrons. The quantitative estimate of drug-likeness (QED) is 0.800. The molecule has 0 bridgehead atoms. The number of aryl methyl sites for hydroxylation is 2. The van der Waals surface area contributed by atoms with Gasteiger partial charge in [0.05, 0.1) is 10.8 Å². The highest BCUT2D eigenvalue weighted by atomic mass is 32.2. The fraction of sp³-hybridized carbons (Fsp3) is 0.643. The molecule has 0 saturated heterocycles. The maximum Gasteiger partial charge on any atom is 0.169 e. The van der Waals surface area contributed by atoms with Crippen molar-refractivity contribution in [2.75, 3.05) is 6.26 Å². The molecule has 4 nitrogen and oxygen atoms in total. The van der Waals surface area contributed by atoms with E-state index in [9.17, 15) is 13.2 Å². The van der Waals surface area contributed by atoms with Gasteiger partial charge in [-0.2, -0.15) is 0 Å². The average molecular weight is 284 g/mol. The minimum Gasteiger partial charge on any atom is -0.466 e. The largest absolute Gasteiger partial charge is 0.466 e. The summed E-state index contributed by atoms with van der Waals surface area (Å²) in [6.07, 6.45) is 3.95. The van der Waals surface area contributed by atoms with E-state index in [1.54, 1.807) is 13.0 Å². The molecule has 2 unspecified atom stereocenters. The standard InChI is InChI=1S/C14H20O4S/c1-9-7-13(10(2)18-9)14(15)11-5-4-6-12(8-11)19(3,16)17/h7,11-12H,4-6,8H2,1-3H3. The second kappa shape index (κ2) is 5.12. The number of carbonyl (C=O) groups excluding carboxylic acids is 1. The van der Waals surface area contributed by atoms with Crippen molar-refractivity contribution in [3.63, 3.8) is 0 Å². The van der Waals surface area contributed by atoms with E-state index in [-0.39, 0.29) is 17.0 Å². The Morgan fingerprint density at radius 2 is 2.00 bits per heavy atom. The highest BCUT2D eigenvalue weighted by molar-refractivity contribution is 7.91. The van der Waals surface area contributed by atoms with E-state index in [0.717, 1.165) is 18.6 Å². The summed E-state index contributed by atoms with van der Waals surface area (Å²) in [6, 6.07) is 1.75. The Bertz CT molecular complexity index is 583. The van der Waals surface area contributed by atoms with Gasteiger partial charge in [-0.05, 0) is 39.2 Å². The normalized spacial score (nSPS) is 24.4. The molecule has 0 aromatic carbocycles. The predicted molar refractivity (Wildman–Crippen MR) is 73.1 cm³/mol. The summed E-state index contributed by atoms with van der Waals surface area (Å²) in [5.41, 5.74) is 0.608. The minimum atomic E-state index is -3.06. The fourth-order valence-electron chi connectivity index (χ4n) is 2.87. The van der Waals surface area contributed by atoms with Gasteiger partial charge in [-0.1, -0.05) is 6.42 Å². The van der Waals surface area contributed by atoms with Crippen LogP contribution in [0.5, 0.6) is 0 Å². The van der Waals surface area contributed by atoms with E-state index in [1.807, 2.05) is 6.92 Å². The van der Waals surface area contributed by atoms with Gasteiger partial charge in [-0.3, -0.25) is 4.79 Å². The lowest BCUT2D eigenvalue weighted by Gasteiger charge is -2.26. The van der Waals surface area contributed by atoms with E-state index in [2.05, 4.69) is 0 Å². The number of hydrogen-bond acceptors (Lipinski definition) is 4. The second-order valence-electron chi connectivity index (χ2n) is 5.51. The number of carbonyl (C=O) groups is 1. The molecule has 1 heterocycles. The maximum atomic E-state index is 12.5. The number of Topliss-reactive ketones (excluding diaryl/α,β-unsaturated/α-hetero) is 1. The zero-order chi connectivity index (χ0) is 14.2. The van der Waals surface area contributed by atoms with Crippen LogP contribution < -0.4 is 0 Å². The third-order valence-corrected chi connectivity index (χ3v) is 5.55. The van der Waals surface area contributed by atoms with Crippen molar-refractivity contribution < 1.29 is 17.6 Å². The zero-order valence-electron chi connectivity index (χ0n) is 11.6. The van der Waals surface area contributed by atoms with Crippen molar-refractivity contribution in [1.29, 1.82) is 0 Å². The molecule has 2 atom stereocenters. The van der Waals surface area contributed by atoms with Crippen molar-refractivity contribution in [3.8, 4) is 0 Å². The second-order valence-corrected chi connectivity index (χ2v) is 7.83. The third-order valence-electron chi connectivity index (χ3n) is 3.91. The first-order valence-electron chi connectivity index (χ1n) is 6.59. The Labute approximate surface area is 114 Å². The summed E-state index contributed by atoms with van der Waals surface area (Å²) >= 11 is 0. The van der Waals surface area contributed by atoms with Crippen molar-refractivity contribution in [3.05, 3.63) is 23.2 Å². The Balaban J connectivity index is 2.18. The minimum absolute atomic E-state index is 0.0303. The van der Waals surface area contributed by atoms with Crippen LogP contribution in [0.4, 0.5) is 0 Å². The molecular formula is C14H20O4S. The number of sulfone groups is 1. The van der Waals surface area contributed by atoms with E-state index in [1.165, 1.54) is 6.26 Å².